The second kappa shape index (κ2) is 5.98. The van der Waals surface area contributed by atoms with E-state index in [1.165, 1.54) is 6.20 Å². The van der Waals surface area contributed by atoms with Crippen LogP contribution in [0.5, 0.6) is 0 Å². The highest BCUT2D eigenvalue weighted by molar-refractivity contribution is 9.10. The van der Waals surface area contributed by atoms with Crippen LogP contribution in [0, 0.1) is 5.41 Å². The number of nitrogens with one attached hydrogen (secondary N) is 1. The quantitative estimate of drug-likeness (QED) is 0.835. The first kappa shape index (κ1) is 16.3. The first-order chi connectivity index (χ1) is 9.76. The number of alkyl halides is 3. The Bertz CT molecular complexity index is 567. The fourth-order valence-electron chi connectivity index (χ4n) is 2.38. The highest BCUT2D eigenvalue weighted by Gasteiger charge is 2.41. The molecule has 1 fully saturated rings. The van der Waals surface area contributed by atoms with Crippen LogP contribution in [0.4, 0.5) is 18.9 Å². The molecule has 1 saturated carbocycles. The van der Waals surface area contributed by atoms with Gasteiger partial charge in [-0.2, -0.15) is 18.3 Å². The van der Waals surface area contributed by atoms with Crippen molar-refractivity contribution in [3.8, 4) is 0 Å². The molecule has 0 saturated heterocycles. The number of rotatable bonds is 6. The molecule has 0 aromatic carbocycles. The maximum Gasteiger partial charge on any atom is 0.408 e. The lowest BCUT2D eigenvalue weighted by molar-refractivity contribution is -0.143. The van der Waals surface area contributed by atoms with Crippen LogP contribution >= 0.6 is 15.9 Å². The number of anilines is 1. The smallest absolute Gasteiger partial charge is 0.382 e. The third kappa shape index (κ3) is 4.21. The molecule has 1 heterocycles. The monoisotopic (exact) mass is 367 g/mol. The van der Waals surface area contributed by atoms with E-state index in [-0.39, 0.29) is 9.89 Å². The minimum atomic E-state index is -4.47. The van der Waals surface area contributed by atoms with Crippen LogP contribution in [-0.2, 0) is 6.54 Å². The van der Waals surface area contributed by atoms with Crippen LogP contribution in [0.1, 0.15) is 32.6 Å². The highest BCUT2D eigenvalue weighted by Crippen LogP contribution is 2.49. The van der Waals surface area contributed by atoms with Gasteiger partial charge in [-0.15, -0.1) is 0 Å². The number of hydrogen-bond donors (Lipinski definition) is 1. The first-order valence-electron chi connectivity index (χ1n) is 6.83. The summed E-state index contributed by atoms with van der Waals surface area (Å²) in [5.74, 6) is 0. The molecule has 1 N–H and O–H groups in total. The molecular formula is C13H17BrF3N3O. The summed E-state index contributed by atoms with van der Waals surface area (Å²) in [6.45, 7) is 1.45. The summed E-state index contributed by atoms with van der Waals surface area (Å²) in [7, 11) is 0. The fraction of sp³-hybridized carbons (Fsp3) is 0.692. The van der Waals surface area contributed by atoms with E-state index in [0.29, 0.717) is 16.9 Å². The molecule has 0 atom stereocenters. The Kier molecular flexibility index (Phi) is 4.65. The Hall–Kier alpha value is -1.05. The molecule has 0 unspecified atom stereocenters. The van der Waals surface area contributed by atoms with Gasteiger partial charge in [0.25, 0.3) is 5.56 Å². The van der Waals surface area contributed by atoms with Crippen molar-refractivity contribution in [2.45, 2.75) is 45.3 Å². The van der Waals surface area contributed by atoms with Crippen LogP contribution in [0.25, 0.3) is 0 Å². The number of aromatic nitrogens is 2. The van der Waals surface area contributed by atoms with Crippen molar-refractivity contribution >= 4 is 21.6 Å². The van der Waals surface area contributed by atoms with Crippen molar-refractivity contribution in [1.29, 1.82) is 0 Å². The van der Waals surface area contributed by atoms with Gasteiger partial charge in [0.15, 0.2) is 0 Å². The number of nitrogens with zero attached hydrogens (tertiary/aromatic N) is 2. The molecule has 0 spiro atoms. The molecule has 1 aromatic rings. The number of halogens is 4. The molecule has 21 heavy (non-hydrogen) atoms. The van der Waals surface area contributed by atoms with Gasteiger partial charge in [0.05, 0.1) is 11.9 Å². The molecule has 4 nitrogen and oxygen atoms in total. The van der Waals surface area contributed by atoms with Crippen molar-refractivity contribution in [1.82, 2.24) is 9.78 Å². The third-order valence-corrected chi connectivity index (χ3v) is 4.47. The van der Waals surface area contributed by atoms with E-state index in [9.17, 15) is 18.0 Å². The lowest BCUT2D eigenvalue weighted by atomic mass is 10.0. The average Bonchev–Trinajstić information content (AvgIpc) is 3.13. The Morgan fingerprint density at radius 3 is 2.67 bits per heavy atom. The lowest BCUT2D eigenvalue weighted by Gasteiger charge is -2.17. The minimum absolute atomic E-state index is 0.0917. The highest BCUT2D eigenvalue weighted by atomic mass is 79.9. The van der Waals surface area contributed by atoms with Crippen LogP contribution in [0.3, 0.4) is 0 Å². The normalized spacial score (nSPS) is 16.8. The molecule has 118 valence electrons. The van der Waals surface area contributed by atoms with E-state index in [1.54, 1.807) is 0 Å². The van der Waals surface area contributed by atoms with E-state index in [4.69, 9.17) is 0 Å². The molecule has 0 radical (unpaired) electrons. The van der Waals surface area contributed by atoms with Gasteiger partial charge >= 0.3 is 6.18 Å². The fourth-order valence-corrected chi connectivity index (χ4v) is 2.82. The largest absolute Gasteiger partial charge is 0.408 e. The lowest BCUT2D eigenvalue weighted by Crippen LogP contribution is -2.31. The zero-order valence-corrected chi connectivity index (χ0v) is 13.2. The topological polar surface area (TPSA) is 46.9 Å². The first-order valence-corrected chi connectivity index (χ1v) is 7.62. The predicted octanol–water partition coefficient (Wildman–Crippen LogP) is 3.56. The van der Waals surface area contributed by atoms with Crippen LogP contribution < -0.4 is 10.9 Å². The summed E-state index contributed by atoms with van der Waals surface area (Å²) in [5, 5.41) is 6.71. The third-order valence-electron chi connectivity index (χ3n) is 3.71. The summed E-state index contributed by atoms with van der Waals surface area (Å²) in [4.78, 5) is 11.8. The molecule has 1 aliphatic rings. The maximum absolute atomic E-state index is 12.3. The van der Waals surface area contributed by atoms with Crippen molar-refractivity contribution in [2.75, 3.05) is 11.9 Å². The summed E-state index contributed by atoms with van der Waals surface area (Å²) in [6, 6.07) is 0. The van der Waals surface area contributed by atoms with Gasteiger partial charge in [-0.3, -0.25) is 4.79 Å². The van der Waals surface area contributed by atoms with Crippen molar-refractivity contribution in [3.63, 3.8) is 0 Å². The van der Waals surface area contributed by atoms with Crippen LogP contribution in [-0.4, -0.2) is 22.5 Å². The molecule has 1 aromatic heterocycles. The van der Waals surface area contributed by atoms with Gasteiger partial charge in [0.2, 0.25) is 0 Å². The Morgan fingerprint density at radius 2 is 2.14 bits per heavy atom. The van der Waals surface area contributed by atoms with E-state index in [2.05, 4.69) is 33.3 Å². The Balaban J connectivity index is 2.08. The second-order valence-corrected chi connectivity index (χ2v) is 6.35. The van der Waals surface area contributed by atoms with E-state index >= 15 is 0 Å². The average molecular weight is 368 g/mol. The van der Waals surface area contributed by atoms with Gasteiger partial charge in [-0.25, -0.2) is 4.68 Å². The SMILES string of the molecule is CCCC1(CNc2cnn(CC(F)(F)F)c(=O)c2Br)CC1. The van der Waals surface area contributed by atoms with E-state index in [1.807, 2.05) is 0 Å². The van der Waals surface area contributed by atoms with Gasteiger partial charge in [0.1, 0.15) is 11.0 Å². The number of hydrogen-bond acceptors (Lipinski definition) is 3. The van der Waals surface area contributed by atoms with Gasteiger partial charge in [-0.1, -0.05) is 13.3 Å². The summed E-state index contributed by atoms with van der Waals surface area (Å²) < 4.78 is 37.5. The molecule has 0 amide bonds. The summed E-state index contributed by atoms with van der Waals surface area (Å²) in [5.41, 5.74) is -0.0619. The minimum Gasteiger partial charge on any atom is -0.382 e. The zero-order valence-electron chi connectivity index (χ0n) is 11.6. The van der Waals surface area contributed by atoms with E-state index in [0.717, 1.165) is 25.7 Å². The van der Waals surface area contributed by atoms with Gasteiger partial charge in [-0.05, 0) is 40.6 Å². The summed E-state index contributed by atoms with van der Waals surface area (Å²) >= 11 is 3.06. The Morgan fingerprint density at radius 1 is 1.48 bits per heavy atom. The van der Waals surface area contributed by atoms with Crippen LogP contribution in [0.2, 0.25) is 0 Å². The molecule has 1 aliphatic carbocycles. The zero-order chi connectivity index (χ0) is 15.7. The molecule has 8 heteroatoms. The van der Waals surface area contributed by atoms with Gasteiger partial charge < -0.3 is 5.32 Å². The van der Waals surface area contributed by atoms with Crippen molar-refractivity contribution in [2.24, 2.45) is 5.41 Å². The van der Waals surface area contributed by atoms with Crippen molar-refractivity contribution < 1.29 is 13.2 Å². The van der Waals surface area contributed by atoms with Crippen molar-refractivity contribution in [3.05, 3.63) is 21.0 Å². The van der Waals surface area contributed by atoms with Gasteiger partial charge in [0, 0.05) is 6.54 Å². The second-order valence-electron chi connectivity index (χ2n) is 5.55. The Labute approximate surface area is 128 Å². The maximum atomic E-state index is 12.3. The molecule has 0 bridgehead atoms. The standard InChI is InChI=1S/C13H17BrF3N3O/c1-2-3-12(4-5-12)7-18-9-6-19-20(8-13(15,16)17)11(21)10(9)14/h6,18H,2-5,7-8H2,1H3. The van der Waals surface area contributed by atoms with Crippen LogP contribution in [0.15, 0.2) is 15.5 Å². The molecule has 0 aliphatic heterocycles. The predicted molar refractivity (Wildman–Crippen MR) is 77.3 cm³/mol. The molecule has 2 rings (SSSR count). The van der Waals surface area contributed by atoms with E-state index < -0.39 is 18.3 Å². The molecular weight excluding hydrogens is 351 g/mol. The summed E-state index contributed by atoms with van der Waals surface area (Å²) in [6.07, 6.45) is 1.28.